The second-order valence-corrected chi connectivity index (χ2v) is 10.5. The zero-order chi connectivity index (χ0) is 22.0. The van der Waals surface area contributed by atoms with Gasteiger partial charge in [-0.05, 0) is 54.8 Å². The van der Waals surface area contributed by atoms with Crippen molar-refractivity contribution < 1.29 is 8.42 Å². The number of allylic oxidation sites excluding steroid dienone is 4. The molecule has 0 aliphatic heterocycles. The maximum Gasteiger partial charge on any atom is 0.264 e. The fraction of sp³-hybridized carbons (Fsp3) is 0.143. The van der Waals surface area contributed by atoms with Gasteiger partial charge in [0.05, 0.1) is 14.1 Å². The summed E-state index contributed by atoms with van der Waals surface area (Å²) in [6.45, 7) is 0. The molecule has 2 heterocycles. The first-order chi connectivity index (χ1) is 14.9. The molecule has 6 nitrogen and oxygen atoms in total. The molecule has 0 amide bonds. The van der Waals surface area contributed by atoms with Gasteiger partial charge in [0.15, 0.2) is 0 Å². The van der Waals surface area contributed by atoms with Gasteiger partial charge in [-0.3, -0.25) is 4.99 Å². The fourth-order valence-electron chi connectivity index (χ4n) is 3.12. The molecule has 1 N–H and O–H groups in total. The van der Waals surface area contributed by atoms with E-state index in [0.717, 1.165) is 28.9 Å². The minimum Gasteiger partial charge on any atom is -0.254 e. The van der Waals surface area contributed by atoms with E-state index in [0.29, 0.717) is 15.1 Å². The number of hydrogen-bond acceptors (Lipinski definition) is 5. The van der Waals surface area contributed by atoms with E-state index >= 15 is 0 Å². The van der Waals surface area contributed by atoms with Crippen LogP contribution in [0.3, 0.4) is 0 Å². The number of nitrogens with one attached hydrogen (secondary N) is 1. The molecule has 0 bridgehead atoms. The van der Waals surface area contributed by atoms with Crippen molar-refractivity contribution in [3.05, 3.63) is 75.7 Å². The van der Waals surface area contributed by atoms with E-state index < -0.39 is 10.0 Å². The quantitative estimate of drug-likeness (QED) is 0.387. The van der Waals surface area contributed by atoms with Gasteiger partial charge in [0.25, 0.3) is 10.0 Å². The van der Waals surface area contributed by atoms with E-state index in [-0.39, 0.29) is 10.9 Å². The number of benzene rings is 1. The van der Waals surface area contributed by atoms with Crippen LogP contribution < -0.4 is 4.72 Å². The van der Waals surface area contributed by atoms with Crippen LogP contribution in [0.5, 0.6) is 0 Å². The van der Waals surface area contributed by atoms with Crippen LogP contribution in [0.2, 0.25) is 9.36 Å². The Labute approximate surface area is 194 Å². The standard InChI is InChI=1S/C21H18Cl2N4O2S2/c1-24-21(26-31(28,29)16-9-7-15(22)8-10-16)27-13-17(14-5-3-2-4-6-14)20(25-27)18-11-12-19(23)30-18/h3,5-13H,2,4H2,1H3,(H,24,26). The number of halogens is 2. The molecule has 2 aromatic heterocycles. The van der Waals surface area contributed by atoms with E-state index in [1.165, 1.54) is 47.3 Å². The number of thiophene rings is 1. The summed E-state index contributed by atoms with van der Waals surface area (Å²) in [4.78, 5) is 5.09. The number of hydrogen-bond donors (Lipinski definition) is 1. The highest BCUT2D eigenvalue weighted by molar-refractivity contribution is 7.90. The topological polar surface area (TPSA) is 76.3 Å². The minimum atomic E-state index is -3.87. The fourth-order valence-corrected chi connectivity index (χ4v) is 5.32. The third kappa shape index (κ3) is 4.77. The van der Waals surface area contributed by atoms with Crippen molar-refractivity contribution >= 4 is 56.1 Å². The van der Waals surface area contributed by atoms with Crippen molar-refractivity contribution in [2.45, 2.75) is 17.7 Å². The van der Waals surface area contributed by atoms with Gasteiger partial charge in [0, 0.05) is 23.8 Å². The van der Waals surface area contributed by atoms with Crippen LogP contribution in [0.4, 0.5) is 0 Å². The SMILES string of the molecule is CN=C(NS(=O)(=O)c1ccc(Cl)cc1)n1cc(C2=CCCC=C2)c(-c2ccc(Cl)s2)n1. The maximum atomic E-state index is 12.8. The van der Waals surface area contributed by atoms with Crippen LogP contribution in [0.15, 0.2) is 70.7 Å². The lowest BCUT2D eigenvalue weighted by atomic mass is 10.00. The molecular formula is C21H18Cl2N4O2S2. The molecule has 0 fully saturated rings. The Kier molecular flexibility index (Phi) is 6.34. The van der Waals surface area contributed by atoms with Gasteiger partial charge >= 0.3 is 0 Å². The third-order valence-corrected chi connectivity index (χ3v) is 7.44. The molecule has 31 heavy (non-hydrogen) atoms. The van der Waals surface area contributed by atoms with Gasteiger partial charge in [0.2, 0.25) is 5.96 Å². The van der Waals surface area contributed by atoms with Crippen molar-refractivity contribution in [1.82, 2.24) is 14.5 Å². The summed E-state index contributed by atoms with van der Waals surface area (Å²) in [7, 11) is -2.37. The van der Waals surface area contributed by atoms with Crippen molar-refractivity contribution in [2.75, 3.05) is 7.05 Å². The van der Waals surface area contributed by atoms with Gasteiger partial charge in [-0.15, -0.1) is 11.3 Å². The van der Waals surface area contributed by atoms with E-state index in [9.17, 15) is 8.42 Å². The molecule has 1 aliphatic carbocycles. The molecule has 0 saturated heterocycles. The van der Waals surface area contributed by atoms with E-state index in [2.05, 4.69) is 27.0 Å². The van der Waals surface area contributed by atoms with Crippen LogP contribution >= 0.6 is 34.5 Å². The second kappa shape index (κ2) is 9.00. The number of nitrogens with zero attached hydrogens (tertiary/aromatic N) is 3. The maximum absolute atomic E-state index is 12.8. The summed E-state index contributed by atoms with van der Waals surface area (Å²) in [6, 6.07) is 9.62. The minimum absolute atomic E-state index is 0.0745. The number of aliphatic imine (C=N–C) groups is 1. The highest BCUT2D eigenvalue weighted by Crippen LogP contribution is 2.36. The predicted octanol–water partition coefficient (Wildman–Crippen LogP) is 5.46. The van der Waals surface area contributed by atoms with Gasteiger partial charge in [-0.25, -0.2) is 17.8 Å². The number of rotatable bonds is 4. The first-order valence-electron chi connectivity index (χ1n) is 9.35. The van der Waals surface area contributed by atoms with Gasteiger partial charge in [0.1, 0.15) is 5.69 Å². The van der Waals surface area contributed by atoms with Crippen molar-refractivity contribution in [3.8, 4) is 10.6 Å². The van der Waals surface area contributed by atoms with Crippen LogP contribution in [-0.4, -0.2) is 31.2 Å². The van der Waals surface area contributed by atoms with E-state index in [1.807, 2.05) is 18.2 Å². The molecule has 4 rings (SSSR count). The van der Waals surface area contributed by atoms with Crippen molar-refractivity contribution in [3.63, 3.8) is 0 Å². The number of sulfonamides is 1. The molecule has 1 aromatic carbocycles. The van der Waals surface area contributed by atoms with Crippen LogP contribution in [0.25, 0.3) is 16.1 Å². The van der Waals surface area contributed by atoms with E-state index in [1.54, 1.807) is 6.20 Å². The largest absolute Gasteiger partial charge is 0.264 e. The summed E-state index contributed by atoms with van der Waals surface area (Å²) in [6.07, 6.45) is 9.98. The Morgan fingerprint density at radius 2 is 1.94 bits per heavy atom. The Bertz CT molecular complexity index is 1300. The first-order valence-corrected chi connectivity index (χ1v) is 12.4. The van der Waals surface area contributed by atoms with Gasteiger partial charge < -0.3 is 0 Å². The Hall–Kier alpha value is -2.39. The smallest absolute Gasteiger partial charge is 0.254 e. The molecule has 10 heteroatoms. The van der Waals surface area contributed by atoms with Crippen LogP contribution in [0, 0.1) is 0 Å². The highest BCUT2D eigenvalue weighted by atomic mass is 35.5. The average molecular weight is 493 g/mol. The zero-order valence-corrected chi connectivity index (χ0v) is 19.6. The Morgan fingerprint density at radius 3 is 2.55 bits per heavy atom. The van der Waals surface area contributed by atoms with Crippen molar-refractivity contribution in [2.24, 2.45) is 4.99 Å². The molecule has 3 aromatic rings. The predicted molar refractivity (Wildman–Crippen MR) is 127 cm³/mol. The summed E-state index contributed by atoms with van der Waals surface area (Å²) in [5, 5.41) is 5.10. The highest BCUT2D eigenvalue weighted by Gasteiger charge is 2.22. The second-order valence-electron chi connectivity index (χ2n) is 6.69. The summed E-state index contributed by atoms with van der Waals surface area (Å²) in [5.74, 6) is 0.0745. The summed E-state index contributed by atoms with van der Waals surface area (Å²) < 4.78 is 30.3. The lowest BCUT2D eigenvalue weighted by Gasteiger charge is -2.10. The molecule has 0 unspecified atom stereocenters. The number of aromatic nitrogens is 2. The normalized spacial score (nSPS) is 14.5. The van der Waals surface area contributed by atoms with Gasteiger partial charge in [-0.1, -0.05) is 41.4 Å². The molecule has 0 spiro atoms. The molecular weight excluding hydrogens is 475 g/mol. The lowest BCUT2D eigenvalue weighted by Crippen LogP contribution is -2.36. The lowest BCUT2D eigenvalue weighted by molar-refractivity contribution is 0.591. The monoisotopic (exact) mass is 492 g/mol. The average Bonchev–Trinajstić information content (AvgIpc) is 3.39. The zero-order valence-electron chi connectivity index (χ0n) is 16.4. The molecule has 1 aliphatic rings. The third-order valence-electron chi connectivity index (χ3n) is 4.61. The molecule has 160 valence electrons. The Balaban J connectivity index is 1.74. The summed E-state index contributed by atoms with van der Waals surface area (Å²) >= 11 is 13.4. The summed E-state index contributed by atoms with van der Waals surface area (Å²) in [5.41, 5.74) is 2.61. The van der Waals surface area contributed by atoms with Crippen LogP contribution in [0.1, 0.15) is 18.4 Å². The first kappa shape index (κ1) is 21.8. The molecule has 0 atom stereocenters. The van der Waals surface area contributed by atoms with Crippen molar-refractivity contribution in [1.29, 1.82) is 0 Å². The van der Waals surface area contributed by atoms with Gasteiger partial charge in [-0.2, -0.15) is 5.10 Å². The van der Waals surface area contributed by atoms with Crippen LogP contribution in [-0.2, 0) is 10.0 Å². The van der Waals surface area contributed by atoms with E-state index in [4.69, 9.17) is 23.2 Å². The molecule has 0 saturated carbocycles. The molecule has 0 radical (unpaired) electrons. The Morgan fingerprint density at radius 1 is 1.16 bits per heavy atom.